The van der Waals surface area contributed by atoms with E-state index in [1.165, 1.54) is 44.2 Å². The van der Waals surface area contributed by atoms with Gasteiger partial charge in [0.05, 0.1) is 22.1 Å². The predicted molar refractivity (Wildman–Crippen MR) is 261 cm³/mol. The van der Waals surface area contributed by atoms with Crippen molar-refractivity contribution >= 4 is 43.6 Å². The molecule has 63 heavy (non-hydrogen) atoms. The zero-order valence-corrected chi connectivity index (χ0v) is 35.8. The van der Waals surface area contributed by atoms with Gasteiger partial charge in [-0.1, -0.05) is 179 Å². The summed E-state index contributed by atoms with van der Waals surface area (Å²) in [6.45, 7) is 9.55. The average Bonchev–Trinajstić information content (AvgIpc) is 3.89. The van der Waals surface area contributed by atoms with Crippen LogP contribution in [0.1, 0.15) is 45.2 Å². The van der Waals surface area contributed by atoms with Crippen molar-refractivity contribution in [3.8, 4) is 56.7 Å². The number of aromatic nitrogens is 5. The van der Waals surface area contributed by atoms with Gasteiger partial charge in [0, 0.05) is 38.4 Å². The molecule has 0 atom stereocenters. The Morgan fingerprint density at radius 1 is 0.365 bits per heavy atom. The van der Waals surface area contributed by atoms with Crippen LogP contribution in [-0.2, 0) is 10.8 Å². The van der Waals surface area contributed by atoms with Crippen LogP contribution in [0, 0.1) is 0 Å². The van der Waals surface area contributed by atoms with Gasteiger partial charge < -0.3 is 4.57 Å². The van der Waals surface area contributed by atoms with Crippen molar-refractivity contribution in [2.24, 2.45) is 0 Å². The van der Waals surface area contributed by atoms with Crippen molar-refractivity contribution in [1.82, 2.24) is 24.1 Å². The molecule has 0 bridgehead atoms. The average molecular weight is 812 g/mol. The van der Waals surface area contributed by atoms with E-state index in [-0.39, 0.29) is 10.8 Å². The van der Waals surface area contributed by atoms with Gasteiger partial charge in [0.15, 0.2) is 11.6 Å². The van der Waals surface area contributed by atoms with E-state index in [0.29, 0.717) is 17.6 Å². The van der Waals surface area contributed by atoms with Gasteiger partial charge in [-0.05, 0) is 87.0 Å². The van der Waals surface area contributed by atoms with Crippen LogP contribution in [0.3, 0.4) is 0 Å². The minimum absolute atomic E-state index is 0.134. The van der Waals surface area contributed by atoms with Crippen LogP contribution in [0.5, 0.6) is 0 Å². The monoisotopic (exact) mass is 811 g/mol. The maximum atomic E-state index is 5.21. The van der Waals surface area contributed by atoms with Gasteiger partial charge in [-0.25, -0.2) is 4.98 Å². The van der Waals surface area contributed by atoms with E-state index in [1.54, 1.807) is 0 Å². The molecular formula is C58H45N5. The normalized spacial score (nSPS) is 14.2. The second kappa shape index (κ2) is 13.9. The molecule has 3 aromatic heterocycles. The molecule has 11 aromatic rings. The van der Waals surface area contributed by atoms with Gasteiger partial charge in [-0.2, -0.15) is 9.97 Å². The fraction of sp³-hybridized carbons (Fsp3) is 0.121. The minimum atomic E-state index is 0.134. The molecule has 12 rings (SSSR count). The smallest absolute Gasteiger partial charge is 0.238 e. The highest BCUT2D eigenvalue weighted by Gasteiger charge is 2.41. The highest BCUT2D eigenvalue weighted by atomic mass is 15.2. The Bertz CT molecular complexity index is 3520. The van der Waals surface area contributed by atoms with Gasteiger partial charge in [0.2, 0.25) is 5.95 Å². The first kappa shape index (κ1) is 37.2. The summed E-state index contributed by atoms with van der Waals surface area (Å²) in [5.74, 6) is 1.84. The zero-order chi connectivity index (χ0) is 42.5. The second-order valence-electron chi connectivity index (χ2n) is 18.4. The van der Waals surface area contributed by atoms with E-state index in [2.05, 4.69) is 188 Å². The minimum Gasteiger partial charge on any atom is -0.309 e. The lowest BCUT2D eigenvalue weighted by Gasteiger charge is -2.22. The first-order chi connectivity index (χ1) is 30.7. The molecule has 8 aromatic carbocycles. The van der Waals surface area contributed by atoms with Crippen molar-refractivity contribution in [3.63, 3.8) is 0 Å². The van der Waals surface area contributed by atoms with Gasteiger partial charge in [0.25, 0.3) is 0 Å². The Morgan fingerprint density at radius 3 is 1.48 bits per heavy atom. The van der Waals surface area contributed by atoms with Crippen LogP contribution < -0.4 is 0 Å². The largest absolute Gasteiger partial charge is 0.309 e. The molecule has 0 fully saturated rings. The molecule has 0 saturated carbocycles. The third kappa shape index (κ3) is 5.95. The highest BCUT2D eigenvalue weighted by molar-refractivity contribution is 6.19. The van der Waals surface area contributed by atoms with E-state index in [1.807, 2.05) is 36.4 Å². The molecule has 5 nitrogen and oxygen atoms in total. The van der Waals surface area contributed by atoms with Crippen molar-refractivity contribution in [2.75, 3.05) is 0 Å². The van der Waals surface area contributed by atoms with Gasteiger partial charge in [-0.3, -0.25) is 4.57 Å². The Kier molecular flexibility index (Phi) is 8.23. The lowest BCUT2D eigenvalue weighted by Crippen LogP contribution is -2.17. The Morgan fingerprint density at radius 2 is 0.857 bits per heavy atom. The molecule has 0 amide bonds. The molecule has 302 valence electrons. The molecule has 0 spiro atoms. The summed E-state index contributed by atoms with van der Waals surface area (Å²) in [6, 6.07) is 67.5. The van der Waals surface area contributed by atoms with Crippen molar-refractivity contribution in [2.45, 2.75) is 44.9 Å². The number of para-hydroxylation sites is 2. The molecular weight excluding hydrogens is 767 g/mol. The third-order valence-electron chi connectivity index (χ3n) is 13.4. The molecule has 0 aliphatic heterocycles. The molecule has 1 aliphatic rings. The Balaban J connectivity index is 1.04. The molecule has 0 radical (unpaired) electrons. The molecule has 0 N–H and O–H groups in total. The van der Waals surface area contributed by atoms with Crippen LogP contribution in [0.2, 0.25) is 0 Å². The number of hydrogen-bond donors (Lipinski definition) is 0. The Hall–Kier alpha value is -7.63. The van der Waals surface area contributed by atoms with Gasteiger partial charge in [-0.15, -0.1) is 0 Å². The fourth-order valence-corrected chi connectivity index (χ4v) is 10.8. The molecule has 0 unspecified atom stereocenters. The van der Waals surface area contributed by atoms with Crippen LogP contribution in [-0.4, -0.2) is 24.1 Å². The van der Waals surface area contributed by atoms with Gasteiger partial charge in [0.1, 0.15) is 0 Å². The summed E-state index contributed by atoms with van der Waals surface area (Å²) in [7, 11) is 0. The number of nitrogens with zero attached hydrogens (tertiary/aromatic N) is 5. The summed E-state index contributed by atoms with van der Waals surface area (Å²) in [4.78, 5) is 15.4. The second-order valence-corrected chi connectivity index (χ2v) is 18.4. The van der Waals surface area contributed by atoms with E-state index in [4.69, 9.17) is 15.0 Å². The first-order valence-electron chi connectivity index (χ1n) is 21.9. The first-order valence-corrected chi connectivity index (χ1v) is 21.9. The topological polar surface area (TPSA) is 48.5 Å². The Labute approximate surface area is 367 Å². The number of rotatable bonds is 6. The molecule has 0 saturated heterocycles. The van der Waals surface area contributed by atoms with Crippen LogP contribution >= 0.6 is 0 Å². The van der Waals surface area contributed by atoms with E-state index in [9.17, 15) is 0 Å². The van der Waals surface area contributed by atoms with Crippen LogP contribution in [0.15, 0.2) is 188 Å². The van der Waals surface area contributed by atoms with Gasteiger partial charge >= 0.3 is 0 Å². The SMILES string of the molecule is CC1(C)CC(C)(C)c2cc(-c3ccccc3-c3ccc(-n4c5ccccc5c5cc6c7ccccc7n(-c7nc(-c8ccccc8)nc(-c8ccccc8)n7)c6cc54)cc3)ccc21. The van der Waals surface area contributed by atoms with E-state index in [0.717, 1.165) is 56.1 Å². The van der Waals surface area contributed by atoms with Crippen molar-refractivity contribution in [1.29, 1.82) is 0 Å². The van der Waals surface area contributed by atoms with E-state index < -0.39 is 0 Å². The maximum absolute atomic E-state index is 5.21. The number of hydrogen-bond acceptors (Lipinski definition) is 3. The van der Waals surface area contributed by atoms with Crippen LogP contribution in [0.25, 0.3) is 100 Å². The number of benzene rings is 8. The summed E-state index contributed by atoms with van der Waals surface area (Å²) < 4.78 is 4.62. The van der Waals surface area contributed by atoms with E-state index >= 15 is 0 Å². The van der Waals surface area contributed by atoms with Crippen molar-refractivity contribution in [3.05, 3.63) is 199 Å². The maximum Gasteiger partial charge on any atom is 0.238 e. The van der Waals surface area contributed by atoms with Crippen LogP contribution in [0.4, 0.5) is 0 Å². The van der Waals surface area contributed by atoms with Crippen molar-refractivity contribution < 1.29 is 0 Å². The quantitative estimate of drug-likeness (QED) is 0.168. The highest BCUT2D eigenvalue weighted by Crippen LogP contribution is 2.51. The number of fused-ring (bicyclic) bond motifs is 7. The lowest BCUT2D eigenvalue weighted by atomic mass is 9.82. The zero-order valence-electron chi connectivity index (χ0n) is 35.8. The fourth-order valence-electron chi connectivity index (χ4n) is 10.8. The lowest BCUT2D eigenvalue weighted by molar-refractivity contribution is 0.403. The summed E-state index contributed by atoms with van der Waals surface area (Å²) in [6.07, 6.45) is 1.15. The summed E-state index contributed by atoms with van der Waals surface area (Å²) in [5, 5.41) is 4.70. The molecule has 3 heterocycles. The third-order valence-corrected chi connectivity index (χ3v) is 13.4. The molecule has 5 heteroatoms. The standard InChI is InChI=1S/C58H45N5/c1-57(2)36-58(3,4)49-33-40(29-32-48(49)57)43-22-12-11-21-42(43)37-27-30-41(31-28-37)62-50-25-15-13-23-44(50)46-34-47-45-24-14-16-26-51(45)63(53(47)35-52(46)62)56-60-54(38-17-7-5-8-18-38)59-55(61-56)39-19-9-6-10-20-39/h5-35H,36H2,1-4H3. The molecule has 1 aliphatic carbocycles. The predicted octanol–water partition coefficient (Wildman–Crippen LogP) is 14.7. The summed E-state index contributed by atoms with van der Waals surface area (Å²) >= 11 is 0. The summed E-state index contributed by atoms with van der Waals surface area (Å²) in [5.41, 5.74) is 15.5.